The fourth-order valence-electron chi connectivity index (χ4n) is 3.96. The van der Waals surface area contributed by atoms with E-state index in [-0.39, 0.29) is 6.04 Å². The summed E-state index contributed by atoms with van der Waals surface area (Å²) in [4.78, 5) is 0. The minimum absolute atomic E-state index is 0.283. The third-order valence-corrected chi connectivity index (χ3v) is 6.19. The molecule has 0 aromatic heterocycles. The molecule has 0 bridgehead atoms. The predicted molar refractivity (Wildman–Crippen MR) is 145 cm³/mol. The van der Waals surface area contributed by atoms with E-state index >= 15 is 0 Å². The molecule has 0 fully saturated rings. The van der Waals surface area contributed by atoms with Crippen LogP contribution in [0.25, 0.3) is 0 Å². The van der Waals surface area contributed by atoms with Crippen molar-refractivity contribution in [3.05, 3.63) is 131 Å². The van der Waals surface area contributed by atoms with Crippen LogP contribution in [0.4, 0.5) is 0 Å². The molecule has 0 aliphatic carbocycles. The van der Waals surface area contributed by atoms with Gasteiger partial charge < -0.3 is 19.9 Å². The van der Waals surface area contributed by atoms with Crippen LogP contribution in [0, 0.1) is 0 Å². The standard InChI is InChI=1S/C32H35NO3/c1-25(15-16-26-17-19-30(20-18-26)35-23-27-9-4-2-5-10-27)33-22-32(34)29-13-8-14-31(21-29)36-24-28-11-6-3-7-12-28/h2-14,17-21,25,32-34H,15-16,22-24H2,1H3. The summed E-state index contributed by atoms with van der Waals surface area (Å²) < 4.78 is 11.8. The van der Waals surface area contributed by atoms with E-state index in [0.717, 1.165) is 41.0 Å². The first-order valence-electron chi connectivity index (χ1n) is 12.6. The zero-order valence-corrected chi connectivity index (χ0v) is 20.8. The lowest BCUT2D eigenvalue weighted by atomic mass is 10.0. The Morgan fingerprint density at radius 1 is 0.667 bits per heavy atom. The van der Waals surface area contributed by atoms with E-state index < -0.39 is 6.10 Å². The maximum atomic E-state index is 10.7. The first kappa shape index (κ1) is 25.5. The first-order valence-corrected chi connectivity index (χ1v) is 12.6. The van der Waals surface area contributed by atoms with Gasteiger partial charge in [-0.25, -0.2) is 0 Å². The Morgan fingerprint density at radius 3 is 1.92 bits per heavy atom. The van der Waals surface area contributed by atoms with Crippen LogP contribution in [0.3, 0.4) is 0 Å². The number of hydrogen-bond acceptors (Lipinski definition) is 4. The highest BCUT2D eigenvalue weighted by atomic mass is 16.5. The van der Waals surface area contributed by atoms with Gasteiger partial charge in [-0.05, 0) is 66.3 Å². The van der Waals surface area contributed by atoms with Crippen molar-refractivity contribution in [1.82, 2.24) is 5.32 Å². The largest absolute Gasteiger partial charge is 0.489 e. The fraction of sp³-hybridized carbons (Fsp3) is 0.250. The second kappa shape index (κ2) is 13.5. The molecule has 2 unspecified atom stereocenters. The number of aliphatic hydroxyl groups is 1. The zero-order valence-electron chi connectivity index (χ0n) is 20.8. The van der Waals surface area contributed by atoms with Gasteiger partial charge in [0.25, 0.3) is 0 Å². The van der Waals surface area contributed by atoms with Crippen molar-refractivity contribution in [1.29, 1.82) is 0 Å². The Bertz CT molecular complexity index is 1160. The summed E-state index contributed by atoms with van der Waals surface area (Å²) in [6.45, 7) is 3.74. The second-order valence-electron chi connectivity index (χ2n) is 9.13. The Labute approximate surface area is 214 Å². The van der Waals surface area contributed by atoms with Crippen molar-refractivity contribution >= 4 is 0 Å². The van der Waals surface area contributed by atoms with Gasteiger partial charge in [0.1, 0.15) is 24.7 Å². The van der Waals surface area contributed by atoms with Gasteiger partial charge in [-0.3, -0.25) is 0 Å². The van der Waals surface area contributed by atoms with Gasteiger partial charge in [-0.15, -0.1) is 0 Å². The summed E-state index contributed by atoms with van der Waals surface area (Å²) in [5.41, 5.74) is 4.41. The number of hydrogen-bond donors (Lipinski definition) is 2. The summed E-state index contributed by atoms with van der Waals surface area (Å²) in [6, 6.07) is 36.6. The lowest BCUT2D eigenvalue weighted by molar-refractivity contribution is 0.169. The molecular weight excluding hydrogens is 446 g/mol. The van der Waals surface area contributed by atoms with Crippen molar-refractivity contribution < 1.29 is 14.6 Å². The number of rotatable bonds is 13. The molecular formula is C32H35NO3. The molecule has 4 rings (SSSR count). The molecule has 4 aromatic carbocycles. The monoisotopic (exact) mass is 481 g/mol. The lowest BCUT2D eigenvalue weighted by Crippen LogP contribution is -2.30. The molecule has 0 saturated carbocycles. The highest BCUT2D eigenvalue weighted by Crippen LogP contribution is 2.21. The molecule has 186 valence electrons. The van der Waals surface area contributed by atoms with E-state index in [4.69, 9.17) is 9.47 Å². The van der Waals surface area contributed by atoms with Crippen molar-refractivity contribution in [2.24, 2.45) is 0 Å². The molecule has 2 atom stereocenters. The van der Waals surface area contributed by atoms with Gasteiger partial charge in [0.2, 0.25) is 0 Å². The molecule has 0 spiro atoms. The van der Waals surface area contributed by atoms with Crippen molar-refractivity contribution in [3.8, 4) is 11.5 Å². The number of benzene rings is 4. The molecule has 4 aromatic rings. The Hall–Kier alpha value is -3.60. The van der Waals surface area contributed by atoms with E-state index in [1.807, 2.05) is 84.9 Å². The molecule has 0 saturated heterocycles. The molecule has 36 heavy (non-hydrogen) atoms. The molecule has 0 aliphatic rings. The van der Waals surface area contributed by atoms with E-state index in [1.54, 1.807) is 0 Å². The van der Waals surface area contributed by atoms with Crippen LogP contribution in [-0.4, -0.2) is 17.7 Å². The van der Waals surface area contributed by atoms with Crippen molar-refractivity contribution in [2.45, 2.75) is 45.1 Å². The van der Waals surface area contributed by atoms with E-state index in [2.05, 4.69) is 36.5 Å². The van der Waals surface area contributed by atoms with Crippen molar-refractivity contribution in [2.75, 3.05) is 6.54 Å². The molecule has 0 radical (unpaired) electrons. The first-order chi connectivity index (χ1) is 17.7. The van der Waals surface area contributed by atoms with Gasteiger partial charge in [0.15, 0.2) is 0 Å². The molecule has 0 amide bonds. The van der Waals surface area contributed by atoms with Crippen LogP contribution in [0.5, 0.6) is 11.5 Å². The second-order valence-corrected chi connectivity index (χ2v) is 9.13. The molecule has 4 heteroatoms. The maximum absolute atomic E-state index is 10.7. The Balaban J connectivity index is 1.17. The quantitative estimate of drug-likeness (QED) is 0.229. The minimum Gasteiger partial charge on any atom is -0.489 e. The maximum Gasteiger partial charge on any atom is 0.120 e. The topological polar surface area (TPSA) is 50.7 Å². The van der Waals surface area contributed by atoms with Gasteiger partial charge in [0.05, 0.1) is 6.10 Å². The molecule has 2 N–H and O–H groups in total. The Morgan fingerprint density at radius 2 is 1.28 bits per heavy atom. The average molecular weight is 482 g/mol. The third-order valence-electron chi connectivity index (χ3n) is 6.19. The summed E-state index contributed by atoms with van der Waals surface area (Å²) >= 11 is 0. The third kappa shape index (κ3) is 8.26. The van der Waals surface area contributed by atoms with Crippen LogP contribution >= 0.6 is 0 Å². The van der Waals surface area contributed by atoms with Crippen LogP contribution in [0.1, 0.15) is 41.7 Å². The van der Waals surface area contributed by atoms with Crippen molar-refractivity contribution in [3.63, 3.8) is 0 Å². The molecule has 4 nitrogen and oxygen atoms in total. The van der Waals surface area contributed by atoms with Gasteiger partial charge in [-0.2, -0.15) is 0 Å². The van der Waals surface area contributed by atoms with Gasteiger partial charge in [-0.1, -0.05) is 84.9 Å². The number of nitrogens with one attached hydrogen (secondary N) is 1. The predicted octanol–water partition coefficient (Wildman–Crippen LogP) is 6.49. The van der Waals surface area contributed by atoms with E-state index in [9.17, 15) is 5.11 Å². The number of aryl methyl sites for hydroxylation is 1. The molecule has 0 aliphatic heterocycles. The minimum atomic E-state index is -0.589. The average Bonchev–Trinajstić information content (AvgIpc) is 2.94. The van der Waals surface area contributed by atoms with E-state index in [0.29, 0.717) is 19.8 Å². The highest BCUT2D eigenvalue weighted by Gasteiger charge is 2.11. The van der Waals surface area contributed by atoms with Gasteiger partial charge in [0, 0.05) is 12.6 Å². The summed E-state index contributed by atoms with van der Waals surface area (Å²) in [5.74, 6) is 1.64. The lowest BCUT2D eigenvalue weighted by Gasteiger charge is -2.18. The SMILES string of the molecule is CC(CCc1ccc(OCc2ccccc2)cc1)NCC(O)c1cccc(OCc2ccccc2)c1. The summed E-state index contributed by atoms with van der Waals surface area (Å²) in [5, 5.41) is 14.2. The summed E-state index contributed by atoms with van der Waals surface area (Å²) in [7, 11) is 0. The number of aliphatic hydroxyl groups excluding tert-OH is 1. The Kier molecular flexibility index (Phi) is 9.54. The van der Waals surface area contributed by atoms with E-state index in [1.165, 1.54) is 5.56 Å². The highest BCUT2D eigenvalue weighted by molar-refractivity contribution is 5.31. The zero-order chi connectivity index (χ0) is 25.0. The number of ether oxygens (including phenoxy) is 2. The normalized spacial score (nSPS) is 12.6. The smallest absolute Gasteiger partial charge is 0.120 e. The van der Waals surface area contributed by atoms with Crippen LogP contribution in [-0.2, 0) is 19.6 Å². The molecule has 0 heterocycles. The van der Waals surface area contributed by atoms with Gasteiger partial charge >= 0.3 is 0 Å². The van der Waals surface area contributed by atoms with Crippen LogP contribution in [0.2, 0.25) is 0 Å². The summed E-state index contributed by atoms with van der Waals surface area (Å²) in [6.07, 6.45) is 1.36. The van der Waals surface area contributed by atoms with Crippen LogP contribution < -0.4 is 14.8 Å². The van der Waals surface area contributed by atoms with Crippen LogP contribution in [0.15, 0.2) is 109 Å². The fourth-order valence-corrected chi connectivity index (χ4v) is 3.96.